The summed E-state index contributed by atoms with van der Waals surface area (Å²) in [5.74, 6) is 0.381. The maximum Gasteiger partial charge on any atom is 0.323 e. The van der Waals surface area contributed by atoms with Crippen molar-refractivity contribution in [1.29, 1.82) is 0 Å². The highest BCUT2D eigenvalue weighted by atomic mass is 16.6. The second-order valence-corrected chi connectivity index (χ2v) is 12.0. The van der Waals surface area contributed by atoms with Gasteiger partial charge < -0.3 is 25.2 Å². The van der Waals surface area contributed by atoms with Crippen LogP contribution in [-0.4, -0.2) is 58.3 Å². The topological polar surface area (TPSA) is 99.1 Å². The number of esters is 1. The number of ether oxygens (including phenoxy) is 1. The van der Waals surface area contributed by atoms with Crippen LogP contribution in [0.5, 0.6) is 11.5 Å². The molecule has 2 aliphatic rings. The van der Waals surface area contributed by atoms with Gasteiger partial charge in [0, 0.05) is 19.2 Å². The van der Waals surface area contributed by atoms with Crippen molar-refractivity contribution in [2.24, 2.45) is 11.8 Å². The molecule has 2 fully saturated rings. The minimum Gasteiger partial charge on any atom is -0.508 e. The molecule has 1 aliphatic heterocycles. The lowest BCUT2D eigenvalue weighted by Crippen LogP contribution is -2.47. The van der Waals surface area contributed by atoms with Gasteiger partial charge in [0.1, 0.15) is 23.1 Å². The molecule has 1 amide bonds. The molecule has 1 heterocycles. The summed E-state index contributed by atoms with van der Waals surface area (Å²) in [7, 11) is 0. The molecule has 7 heteroatoms. The highest BCUT2D eigenvalue weighted by molar-refractivity contribution is 5.97. The zero-order valence-corrected chi connectivity index (χ0v) is 22.8. The van der Waals surface area contributed by atoms with Crippen LogP contribution in [0.4, 0.5) is 0 Å². The standard InChI is InChI=1S/C29H46N2O5/c1-19(2)22-17-23(25(33)18-24(22)32)27(34)31-15-12-20(13-16-31)11-14-30-26(21-9-7-6-8-10-21)28(35)36-29(3,4)5/h17-21,26,30,32-33H,6-16H2,1-5H3/t26-/m0/s1. The number of likely N-dealkylation sites (tertiary alicyclic amines) is 1. The number of piperidine rings is 1. The van der Waals surface area contributed by atoms with Crippen LogP contribution >= 0.6 is 0 Å². The van der Waals surface area contributed by atoms with Gasteiger partial charge >= 0.3 is 5.97 Å². The van der Waals surface area contributed by atoms with Gasteiger partial charge in [0.05, 0.1) is 5.56 Å². The lowest BCUT2D eigenvalue weighted by molar-refractivity contribution is -0.159. The van der Waals surface area contributed by atoms with Crippen molar-refractivity contribution in [2.75, 3.05) is 19.6 Å². The summed E-state index contributed by atoms with van der Waals surface area (Å²) in [6.45, 7) is 11.7. The van der Waals surface area contributed by atoms with Crippen molar-refractivity contribution in [1.82, 2.24) is 10.2 Å². The second-order valence-electron chi connectivity index (χ2n) is 12.0. The highest BCUT2D eigenvalue weighted by Gasteiger charge is 2.33. The summed E-state index contributed by atoms with van der Waals surface area (Å²) in [6.07, 6.45) is 8.47. The molecule has 1 aromatic rings. The lowest BCUT2D eigenvalue weighted by atomic mass is 9.83. The van der Waals surface area contributed by atoms with Gasteiger partial charge in [0.25, 0.3) is 5.91 Å². The van der Waals surface area contributed by atoms with Crippen LogP contribution in [0.15, 0.2) is 12.1 Å². The van der Waals surface area contributed by atoms with E-state index in [1.165, 1.54) is 25.3 Å². The SMILES string of the molecule is CC(C)c1cc(C(=O)N2CCC(CCN[C@H](C(=O)OC(C)(C)C)C3CCCCC3)CC2)c(O)cc1O. The molecule has 1 aliphatic carbocycles. The minimum absolute atomic E-state index is 0.0168. The zero-order chi connectivity index (χ0) is 26.5. The Morgan fingerprint density at radius 2 is 1.67 bits per heavy atom. The number of benzene rings is 1. The third-order valence-corrected chi connectivity index (χ3v) is 7.60. The number of aromatic hydroxyl groups is 2. The van der Waals surface area contributed by atoms with Crippen molar-refractivity contribution in [2.45, 2.75) is 104 Å². The van der Waals surface area contributed by atoms with Crippen LogP contribution in [0, 0.1) is 11.8 Å². The van der Waals surface area contributed by atoms with E-state index in [0.29, 0.717) is 30.5 Å². The number of carbonyl (C=O) groups is 2. The van der Waals surface area contributed by atoms with Gasteiger partial charge in [-0.2, -0.15) is 0 Å². The molecule has 1 saturated carbocycles. The smallest absolute Gasteiger partial charge is 0.323 e. The van der Waals surface area contributed by atoms with Crippen molar-refractivity contribution in [3.05, 3.63) is 23.3 Å². The number of nitrogens with zero attached hydrogens (tertiary/aromatic N) is 1. The lowest BCUT2D eigenvalue weighted by Gasteiger charge is -2.34. The average Bonchev–Trinajstić information content (AvgIpc) is 2.81. The normalized spacial score (nSPS) is 18.9. The summed E-state index contributed by atoms with van der Waals surface area (Å²) >= 11 is 0. The van der Waals surface area contributed by atoms with Gasteiger partial charge in [0.2, 0.25) is 0 Å². The molecule has 0 spiro atoms. The average molecular weight is 503 g/mol. The molecule has 202 valence electrons. The van der Waals surface area contributed by atoms with Crippen LogP contribution in [0.2, 0.25) is 0 Å². The highest BCUT2D eigenvalue weighted by Crippen LogP contribution is 2.34. The van der Waals surface area contributed by atoms with E-state index < -0.39 is 5.60 Å². The largest absolute Gasteiger partial charge is 0.508 e. The van der Waals surface area contributed by atoms with Crippen molar-refractivity contribution in [3.8, 4) is 11.5 Å². The Morgan fingerprint density at radius 3 is 2.25 bits per heavy atom. The Kier molecular flexibility index (Phi) is 9.67. The van der Waals surface area contributed by atoms with E-state index in [1.54, 1.807) is 11.0 Å². The fourth-order valence-electron chi connectivity index (χ4n) is 5.54. The van der Waals surface area contributed by atoms with Crippen LogP contribution in [0.1, 0.15) is 108 Å². The van der Waals surface area contributed by atoms with Crippen LogP contribution < -0.4 is 5.32 Å². The molecular formula is C29H46N2O5. The third-order valence-electron chi connectivity index (χ3n) is 7.60. The number of hydrogen-bond donors (Lipinski definition) is 3. The van der Waals surface area contributed by atoms with Crippen LogP contribution in [0.3, 0.4) is 0 Å². The predicted molar refractivity (Wildman–Crippen MR) is 141 cm³/mol. The fourth-order valence-corrected chi connectivity index (χ4v) is 5.54. The van der Waals surface area contributed by atoms with Crippen LogP contribution in [-0.2, 0) is 9.53 Å². The van der Waals surface area contributed by atoms with E-state index in [1.807, 2.05) is 34.6 Å². The Bertz CT molecular complexity index is 894. The third kappa shape index (κ3) is 7.61. The van der Waals surface area contributed by atoms with Gasteiger partial charge in [-0.15, -0.1) is 0 Å². The Labute approximate surface area is 216 Å². The Balaban J connectivity index is 1.52. The number of rotatable bonds is 8. The molecule has 0 radical (unpaired) electrons. The summed E-state index contributed by atoms with van der Waals surface area (Å²) < 4.78 is 5.74. The predicted octanol–water partition coefficient (Wildman–Crippen LogP) is 5.34. The maximum atomic E-state index is 13.1. The number of phenolic OH excluding ortho intramolecular Hbond substituents is 2. The summed E-state index contributed by atoms with van der Waals surface area (Å²) in [5, 5.41) is 23.9. The van der Waals surface area contributed by atoms with Gasteiger partial charge in [-0.25, -0.2) is 0 Å². The summed E-state index contributed by atoms with van der Waals surface area (Å²) in [4.78, 5) is 27.8. The molecule has 0 aromatic heterocycles. The molecule has 1 saturated heterocycles. The quantitative estimate of drug-likeness (QED) is 0.415. The minimum atomic E-state index is -0.493. The van der Waals surface area contributed by atoms with E-state index >= 15 is 0 Å². The monoisotopic (exact) mass is 502 g/mol. The van der Waals surface area contributed by atoms with Gasteiger partial charge in [-0.1, -0.05) is 33.1 Å². The number of carbonyl (C=O) groups excluding carboxylic acids is 2. The first-order valence-corrected chi connectivity index (χ1v) is 13.8. The number of amides is 1. The van der Waals surface area contributed by atoms with Gasteiger partial charge in [-0.3, -0.25) is 9.59 Å². The molecule has 0 bridgehead atoms. The Hall–Kier alpha value is -2.28. The Morgan fingerprint density at radius 1 is 1.03 bits per heavy atom. The maximum absolute atomic E-state index is 13.1. The van der Waals surface area contributed by atoms with E-state index in [0.717, 1.165) is 38.6 Å². The molecule has 1 atom stereocenters. The first-order valence-electron chi connectivity index (χ1n) is 13.8. The van der Waals surface area contributed by atoms with E-state index in [2.05, 4.69) is 5.32 Å². The van der Waals surface area contributed by atoms with E-state index in [-0.39, 0.29) is 40.9 Å². The molecule has 3 rings (SSSR count). The van der Waals surface area contributed by atoms with Crippen molar-refractivity contribution < 1.29 is 24.5 Å². The van der Waals surface area contributed by atoms with Gasteiger partial charge in [-0.05, 0) is 88.8 Å². The summed E-state index contributed by atoms with van der Waals surface area (Å²) in [6, 6.07) is 2.64. The molecule has 7 nitrogen and oxygen atoms in total. The number of nitrogens with one attached hydrogen (secondary N) is 1. The first kappa shape index (κ1) is 28.3. The molecular weight excluding hydrogens is 456 g/mol. The van der Waals surface area contributed by atoms with Crippen molar-refractivity contribution >= 4 is 11.9 Å². The molecule has 3 N–H and O–H groups in total. The summed E-state index contributed by atoms with van der Waals surface area (Å²) in [5.41, 5.74) is 0.423. The number of phenols is 2. The first-order chi connectivity index (χ1) is 17.0. The fraction of sp³-hybridized carbons (Fsp3) is 0.724. The molecule has 0 unspecified atom stereocenters. The molecule has 1 aromatic carbocycles. The zero-order valence-electron chi connectivity index (χ0n) is 22.8. The second kappa shape index (κ2) is 12.3. The van der Waals surface area contributed by atoms with E-state index in [9.17, 15) is 19.8 Å². The molecule has 36 heavy (non-hydrogen) atoms. The number of hydrogen-bond acceptors (Lipinski definition) is 6. The van der Waals surface area contributed by atoms with E-state index in [4.69, 9.17) is 4.74 Å². The van der Waals surface area contributed by atoms with Crippen LogP contribution in [0.25, 0.3) is 0 Å². The van der Waals surface area contributed by atoms with Gasteiger partial charge in [0.15, 0.2) is 0 Å². The van der Waals surface area contributed by atoms with Crippen molar-refractivity contribution in [3.63, 3.8) is 0 Å².